The third kappa shape index (κ3) is 5.04. The van der Waals surface area contributed by atoms with Crippen molar-refractivity contribution in [3.05, 3.63) is 82.1 Å². The molecule has 1 saturated heterocycles. The van der Waals surface area contributed by atoms with Crippen LogP contribution >= 0.6 is 11.6 Å². The molecule has 2 N–H and O–H groups in total. The Labute approximate surface area is 194 Å². The zero-order chi connectivity index (χ0) is 23.5. The monoisotopic (exact) mass is 469 g/mol. The van der Waals surface area contributed by atoms with Gasteiger partial charge < -0.3 is 10.2 Å². The molecule has 0 bridgehead atoms. The summed E-state index contributed by atoms with van der Waals surface area (Å²) in [5.41, 5.74) is -0.000439. The fourth-order valence-electron chi connectivity index (χ4n) is 3.76. The van der Waals surface area contributed by atoms with Crippen LogP contribution in [0.3, 0.4) is 0 Å². The van der Waals surface area contributed by atoms with E-state index in [1.54, 1.807) is 24.3 Å². The molecule has 3 amide bonds. The van der Waals surface area contributed by atoms with Gasteiger partial charge >= 0.3 is 6.03 Å². The molecule has 3 aromatic rings. The van der Waals surface area contributed by atoms with Crippen molar-refractivity contribution in [1.29, 1.82) is 0 Å². The van der Waals surface area contributed by atoms with Gasteiger partial charge in [-0.15, -0.1) is 0 Å². The molecule has 1 aliphatic rings. The van der Waals surface area contributed by atoms with Gasteiger partial charge in [0.1, 0.15) is 17.7 Å². The summed E-state index contributed by atoms with van der Waals surface area (Å²) in [6.45, 7) is 2.30. The number of nitrogens with one attached hydrogen (secondary N) is 2. The maximum Gasteiger partial charge on any atom is 0.323 e. The first-order valence-electron chi connectivity index (χ1n) is 10.3. The van der Waals surface area contributed by atoms with Gasteiger partial charge in [0.25, 0.3) is 5.56 Å². The Morgan fingerprint density at radius 1 is 1.15 bits per heavy atom. The number of halogens is 2. The zero-order valence-electron chi connectivity index (χ0n) is 17.7. The smallest absolute Gasteiger partial charge is 0.322 e. The molecule has 0 radical (unpaired) electrons. The fourth-order valence-corrected chi connectivity index (χ4v) is 3.87. The molecule has 0 aliphatic carbocycles. The molecule has 0 unspecified atom stereocenters. The summed E-state index contributed by atoms with van der Waals surface area (Å²) in [6.07, 6.45) is 3.37. The van der Waals surface area contributed by atoms with E-state index >= 15 is 0 Å². The Morgan fingerprint density at radius 2 is 1.97 bits per heavy atom. The summed E-state index contributed by atoms with van der Waals surface area (Å²) < 4.78 is 16.0. The minimum Gasteiger partial charge on any atom is -0.322 e. The van der Waals surface area contributed by atoms with Crippen LogP contribution in [0, 0.1) is 11.7 Å². The number of carbonyl (C=O) groups is 2. The molecule has 1 fully saturated rings. The van der Waals surface area contributed by atoms with Crippen molar-refractivity contribution in [2.75, 3.05) is 17.2 Å². The van der Waals surface area contributed by atoms with E-state index in [9.17, 15) is 18.8 Å². The van der Waals surface area contributed by atoms with E-state index in [2.05, 4.69) is 15.6 Å². The Balaban J connectivity index is 1.48. The van der Waals surface area contributed by atoms with Gasteiger partial charge in [0.15, 0.2) is 0 Å². The molecule has 2 atom stereocenters. The van der Waals surface area contributed by atoms with Gasteiger partial charge in [-0.1, -0.05) is 24.6 Å². The highest BCUT2D eigenvalue weighted by atomic mass is 35.5. The van der Waals surface area contributed by atoms with Crippen molar-refractivity contribution in [3.8, 4) is 5.69 Å². The average Bonchev–Trinajstić information content (AvgIpc) is 3.19. The number of urea groups is 1. The highest BCUT2D eigenvalue weighted by Crippen LogP contribution is 2.26. The number of nitrogens with zero attached hydrogens (tertiary/aromatic N) is 3. The lowest BCUT2D eigenvalue weighted by Crippen LogP contribution is -2.45. The summed E-state index contributed by atoms with van der Waals surface area (Å²) in [7, 11) is 0. The van der Waals surface area contributed by atoms with E-state index in [1.165, 1.54) is 46.1 Å². The molecular weight excluding hydrogens is 449 g/mol. The molecule has 4 rings (SSSR count). The number of aromatic nitrogens is 2. The number of benzene rings is 1. The summed E-state index contributed by atoms with van der Waals surface area (Å²) >= 11 is 5.82. The molecule has 8 nitrogen and oxygen atoms in total. The lowest BCUT2D eigenvalue weighted by molar-refractivity contribution is -0.119. The van der Waals surface area contributed by atoms with Crippen LogP contribution < -0.4 is 16.2 Å². The van der Waals surface area contributed by atoms with Crippen molar-refractivity contribution in [2.45, 2.75) is 19.4 Å². The molecule has 170 valence electrons. The minimum absolute atomic E-state index is 0.0352. The van der Waals surface area contributed by atoms with Crippen LogP contribution in [0.25, 0.3) is 5.69 Å². The zero-order valence-corrected chi connectivity index (χ0v) is 18.4. The van der Waals surface area contributed by atoms with Crippen LogP contribution in [-0.4, -0.2) is 39.0 Å². The van der Waals surface area contributed by atoms with Crippen LogP contribution in [0.2, 0.25) is 5.02 Å². The molecule has 2 aromatic heterocycles. The number of hydrogen-bond acceptors (Lipinski definition) is 4. The highest BCUT2D eigenvalue weighted by Gasteiger charge is 2.38. The third-order valence-corrected chi connectivity index (χ3v) is 5.57. The van der Waals surface area contributed by atoms with Crippen molar-refractivity contribution >= 4 is 35.0 Å². The van der Waals surface area contributed by atoms with Crippen molar-refractivity contribution in [1.82, 2.24) is 14.5 Å². The summed E-state index contributed by atoms with van der Waals surface area (Å²) in [5, 5.41) is 5.65. The molecule has 0 spiro atoms. The molecule has 1 aromatic carbocycles. The highest BCUT2D eigenvalue weighted by molar-refractivity contribution is 6.30. The lowest BCUT2D eigenvalue weighted by Gasteiger charge is -2.24. The predicted octanol–water partition coefficient (Wildman–Crippen LogP) is 3.91. The molecule has 10 heteroatoms. The molecule has 33 heavy (non-hydrogen) atoms. The number of carbonyl (C=O) groups excluding carboxylic acids is 2. The topological polar surface area (TPSA) is 96.3 Å². The molecule has 0 saturated carbocycles. The Kier molecular flexibility index (Phi) is 6.41. The predicted molar refractivity (Wildman–Crippen MR) is 123 cm³/mol. The Morgan fingerprint density at radius 3 is 2.67 bits per heavy atom. The van der Waals surface area contributed by atoms with Crippen LogP contribution in [0.5, 0.6) is 0 Å². The Bertz CT molecular complexity index is 1250. The summed E-state index contributed by atoms with van der Waals surface area (Å²) in [5.74, 6) is -0.797. The molecule has 3 heterocycles. The first-order valence-corrected chi connectivity index (χ1v) is 10.7. The fraction of sp³-hybridized carbons (Fsp3) is 0.217. The number of anilines is 2. The van der Waals surface area contributed by atoms with Gasteiger partial charge in [-0.3, -0.25) is 19.5 Å². The summed E-state index contributed by atoms with van der Waals surface area (Å²) in [6, 6.07) is 10.6. The second-order valence-electron chi connectivity index (χ2n) is 7.86. The van der Waals surface area contributed by atoms with Crippen LogP contribution in [0.4, 0.5) is 20.7 Å². The largest absolute Gasteiger partial charge is 0.323 e. The van der Waals surface area contributed by atoms with Crippen LogP contribution in [0.15, 0.2) is 65.7 Å². The average molecular weight is 470 g/mol. The lowest BCUT2D eigenvalue weighted by atomic mass is 10.1. The van der Waals surface area contributed by atoms with E-state index in [1.807, 2.05) is 6.92 Å². The number of likely N-dealkylation sites (tertiary alicyclic amines) is 1. The van der Waals surface area contributed by atoms with E-state index in [0.29, 0.717) is 29.5 Å². The van der Waals surface area contributed by atoms with E-state index in [0.717, 1.165) is 0 Å². The van der Waals surface area contributed by atoms with Gasteiger partial charge in [0.2, 0.25) is 5.91 Å². The van der Waals surface area contributed by atoms with Crippen molar-refractivity contribution < 1.29 is 14.0 Å². The normalized spacial score (nSPS) is 17.6. The van der Waals surface area contributed by atoms with Gasteiger partial charge in [-0.05, 0) is 42.7 Å². The molecule has 1 aliphatic heterocycles. The van der Waals surface area contributed by atoms with Gasteiger partial charge in [0, 0.05) is 31.1 Å². The maximum atomic E-state index is 14.7. The first kappa shape index (κ1) is 22.5. The number of hydrogen-bond donors (Lipinski definition) is 2. The van der Waals surface area contributed by atoms with Crippen molar-refractivity contribution in [2.24, 2.45) is 5.92 Å². The minimum atomic E-state index is -0.775. The second kappa shape index (κ2) is 9.41. The Hall–Kier alpha value is -3.72. The van der Waals surface area contributed by atoms with Gasteiger partial charge in [0.05, 0.1) is 16.4 Å². The second-order valence-corrected chi connectivity index (χ2v) is 8.30. The van der Waals surface area contributed by atoms with Crippen LogP contribution in [0.1, 0.15) is 13.3 Å². The van der Waals surface area contributed by atoms with E-state index < -0.39 is 23.8 Å². The SMILES string of the molecule is C[C@@H]1C[C@H](C(=O)Nc2ccc(-n3ccccc3=O)cc2F)N(C(=O)Nc2ccc(Cl)cn2)C1. The first-order chi connectivity index (χ1) is 15.8. The third-order valence-electron chi connectivity index (χ3n) is 5.35. The van der Waals surface area contributed by atoms with Crippen LogP contribution in [-0.2, 0) is 4.79 Å². The number of pyridine rings is 2. The standard InChI is InChI=1S/C23H21ClFN5O3/c1-14-10-19(30(13-14)23(33)28-20-8-5-15(24)12-26-20)22(32)27-18-7-6-16(11-17(18)25)29-9-3-2-4-21(29)31/h2-9,11-12,14,19H,10,13H2,1H3,(H,27,32)(H,26,28,33)/t14-,19-/m1/s1. The number of rotatable bonds is 4. The van der Waals surface area contributed by atoms with Gasteiger partial charge in [-0.25, -0.2) is 14.2 Å². The summed E-state index contributed by atoms with van der Waals surface area (Å²) in [4.78, 5) is 43.1. The van der Waals surface area contributed by atoms with E-state index in [-0.39, 0.29) is 17.2 Å². The number of amides is 3. The van der Waals surface area contributed by atoms with Gasteiger partial charge in [-0.2, -0.15) is 0 Å². The van der Waals surface area contributed by atoms with Crippen molar-refractivity contribution in [3.63, 3.8) is 0 Å². The molecular formula is C23H21ClFN5O3. The quantitative estimate of drug-likeness (QED) is 0.605. The van der Waals surface area contributed by atoms with E-state index in [4.69, 9.17) is 11.6 Å². The maximum absolute atomic E-state index is 14.7.